The smallest absolute Gasteiger partial charge is 0.0479 e. The van der Waals surface area contributed by atoms with Crippen molar-refractivity contribution >= 4 is 23.7 Å². The third kappa shape index (κ3) is 2.83. The van der Waals surface area contributed by atoms with Crippen LogP contribution in [-0.4, -0.2) is 29.5 Å². The normalized spacial score (nSPS) is 24.8. The predicted molar refractivity (Wildman–Crippen MR) is 61.3 cm³/mol. The molecule has 1 aliphatic rings. The number of thioether (sulfide) groups is 1. The summed E-state index contributed by atoms with van der Waals surface area (Å²) in [5.74, 6) is 2.02. The average molecular weight is 198 g/mol. The van der Waals surface area contributed by atoms with Crippen molar-refractivity contribution in [2.24, 2.45) is 16.8 Å². The maximum absolute atomic E-state index is 7.74. The molecule has 0 spiro atoms. The van der Waals surface area contributed by atoms with E-state index in [-0.39, 0.29) is 0 Å². The van der Waals surface area contributed by atoms with E-state index in [1.807, 2.05) is 24.9 Å². The van der Waals surface area contributed by atoms with Crippen LogP contribution >= 0.6 is 11.8 Å². The van der Waals surface area contributed by atoms with E-state index < -0.39 is 0 Å². The van der Waals surface area contributed by atoms with E-state index in [1.165, 1.54) is 0 Å². The van der Waals surface area contributed by atoms with Crippen LogP contribution in [0.5, 0.6) is 0 Å². The van der Waals surface area contributed by atoms with Crippen LogP contribution in [0.1, 0.15) is 20.8 Å². The molecule has 0 bridgehead atoms. The number of rotatable bonds is 3. The van der Waals surface area contributed by atoms with E-state index in [9.17, 15) is 0 Å². The summed E-state index contributed by atoms with van der Waals surface area (Å²) in [6.45, 7) is 7.23. The van der Waals surface area contributed by atoms with Crippen molar-refractivity contribution in [1.82, 2.24) is 0 Å². The zero-order valence-electron chi connectivity index (χ0n) is 8.58. The molecule has 2 nitrogen and oxygen atoms in total. The SMILES string of the molecule is CC(=N)C(C(C)C)C1C=NCCS1. The highest BCUT2D eigenvalue weighted by atomic mass is 32.2. The third-order valence-electron chi connectivity index (χ3n) is 2.36. The molecule has 0 saturated carbocycles. The highest BCUT2D eigenvalue weighted by molar-refractivity contribution is 8.00. The predicted octanol–water partition coefficient (Wildman–Crippen LogP) is 2.48. The van der Waals surface area contributed by atoms with Gasteiger partial charge in [0, 0.05) is 35.4 Å². The molecule has 0 aromatic rings. The second-order valence-corrected chi connectivity index (χ2v) is 5.13. The molecule has 0 aliphatic carbocycles. The molecule has 0 aromatic carbocycles. The van der Waals surface area contributed by atoms with Crippen molar-refractivity contribution in [2.75, 3.05) is 12.3 Å². The third-order valence-corrected chi connectivity index (χ3v) is 3.57. The lowest BCUT2D eigenvalue weighted by Crippen LogP contribution is -2.31. The summed E-state index contributed by atoms with van der Waals surface area (Å²) in [6.07, 6.45) is 2.04. The molecule has 13 heavy (non-hydrogen) atoms. The van der Waals surface area contributed by atoms with Crippen LogP contribution in [0.2, 0.25) is 0 Å². The van der Waals surface area contributed by atoms with Gasteiger partial charge in [0.15, 0.2) is 0 Å². The monoisotopic (exact) mass is 198 g/mol. The zero-order valence-corrected chi connectivity index (χ0v) is 9.40. The standard InChI is InChI=1S/C10H18N2S/c1-7(2)10(8(3)11)9-6-12-4-5-13-9/h6-7,9-11H,4-5H2,1-3H3. The molecule has 1 N–H and O–H groups in total. The Bertz CT molecular complexity index is 211. The van der Waals surface area contributed by atoms with Crippen LogP contribution in [0.3, 0.4) is 0 Å². The van der Waals surface area contributed by atoms with Gasteiger partial charge in [-0.1, -0.05) is 13.8 Å². The van der Waals surface area contributed by atoms with Crippen LogP contribution in [0, 0.1) is 17.2 Å². The average Bonchev–Trinajstić information content (AvgIpc) is 2.04. The van der Waals surface area contributed by atoms with E-state index in [0.717, 1.165) is 18.0 Å². The Morgan fingerprint density at radius 1 is 1.62 bits per heavy atom. The molecule has 1 aliphatic heterocycles. The molecule has 2 unspecified atom stereocenters. The number of aliphatic imine (C=N–C) groups is 1. The summed E-state index contributed by atoms with van der Waals surface area (Å²) in [5, 5.41) is 8.18. The first-order valence-corrected chi connectivity index (χ1v) is 5.84. The lowest BCUT2D eigenvalue weighted by Gasteiger charge is -2.28. The van der Waals surface area contributed by atoms with Crippen LogP contribution in [0.4, 0.5) is 0 Å². The lowest BCUT2D eigenvalue weighted by molar-refractivity contribution is 0.513. The van der Waals surface area contributed by atoms with Crippen LogP contribution in [0.15, 0.2) is 4.99 Å². The number of hydrogen-bond acceptors (Lipinski definition) is 3. The Labute approximate surface area is 84.7 Å². The summed E-state index contributed by atoms with van der Waals surface area (Å²) in [4.78, 5) is 4.30. The molecule has 2 atom stereocenters. The Kier molecular flexibility index (Phi) is 3.97. The molecule has 0 fully saturated rings. The van der Waals surface area contributed by atoms with Crippen molar-refractivity contribution in [1.29, 1.82) is 5.41 Å². The molecule has 0 amide bonds. The van der Waals surface area contributed by atoms with Gasteiger partial charge in [0.25, 0.3) is 0 Å². The molecular formula is C10H18N2S. The van der Waals surface area contributed by atoms with Gasteiger partial charge < -0.3 is 5.41 Å². The summed E-state index contributed by atoms with van der Waals surface area (Å²) < 4.78 is 0. The summed E-state index contributed by atoms with van der Waals surface area (Å²) in [7, 11) is 0. The minimum absolute atomic E-state index is 0.369. The van der Waals surface area contributed by atoms with E-state index >= 15 is 0 Å². The zero-order chi connectivity index (χ0) is 9.84. The number of hydrogen-bond donors (Lipinski definition) is 1. The van der Waals surface area contributed by atoms with Crippen molar-refractivity contribution in [3.8, 4) is 0 Å². The lowest BCUT2D eigenvalue weighted by atomic mass is 9.88. The molecule has 1 rings (SSSR count). The number of nitrogens with zero attached hydrogens (tertiary/aromatic N) is 1. The van der Waals surface area contributed by atoms with Gasteiger partial charge in [-0.2, -0.15) is 11.8 Å². The molecule has 1 heterocycles. The Morgan fingerprint density at radius 3 is 2.69 bits per heavy atom. The summed E-state index contributed by atoms with van der Waals surface area (Å²) >= 11 is 1.94. The molecule has 0 radical (unpaired) electrons. The van der Waals surface area contributed by atoms with E-state index in [1.54, 1.807) is 0 Å². The van der Waals surface area contributed by atoms with Gasteiger partial charge >= 0.3 is 0 Å². The first-order chi connectivity index (χ1) is 6.13. The molecule has 3 heteroatoms. The fourth-order valence-electron chi connectivity index (χ4n) is 1.79. The fourth-order valence-corrected chi connectivity index (χ4v) is 3.17. The quantitative estimate of drug-likeness (QED) is 0.695. The highest BCUT2D eigenvalue weighted by Crippen LogP contribution is 2.27. The first-order valence-electron chi connectivity index (χ1n) is 4.79. The van der Waals surface area contributed by atoms with Gasteiger partial charge in [-0.05, 0) is 12.8 Å². The Hall–Kier alpha value is -0.310. The first kappa shape index (κ1) is 10.8. The van der Waals surface area contributed by atoms with Gasteiger partial charge in [0.1, 0.15) is 0 Å². The van der Waals surface area contributed by atoms with Crippen molar-refractivity contribution in [3.63, 3.8) is 0 Å². The second kappa shape index (κ2) is 4.80. The van der Waals surface area contributed by atoms with Gasteiger partial charge in [-0.25, -0.2) is 0 Å². The molecule has 0 aromatic heterocycles. The molecule has 74 valence electrons. The summed E-state index contributed by atoms with van der Waals surface area (Å²) in [6, 6.07) is 0. The van der Waals surface area contributed by atoms with Crippen LogP contribution in [-0.2, 0) is 0 Å². The molecule has 0 saturated heterocycles. The largest absolute Gasteiger partial charge is 0.310 e. The van der Waals surface area contributed by atoms with Gasteiger partial charge in [0.2, 0.25) is 0 Å². The fraction of sp³-hybridized carbons (Fsp3) is 0.800. The van der Waals surface area contributed by atoms with Gasteiger partial charge in [-0.3, -0.25) is 4.99 Å². The summed E-state index contributed by atoms with van der Waals surface area (Å²) in [5.41, 5.74) is 0.792. The van der Waals surface area contributed by atoms with Crippen molar-refractivity contribution in [2.45, 2.75) is 26.0 Å². The number of nitrogens with one attached hydrogen (secondary N) is 1. The minimum atomic E-state index is 0.369. The van der Waals surface area contributed by atoms with Crippen molar-refractivity contribution < 1.29 is 0 Å². The van der Waals surface area contributed by atoms with Crippen LogP contribution < -0.4 is 0 Å². The maximum atomic E-state index is 7.74. The minimum Gasteiger partial charge on any atom is -0.310 e. The van der Waals surface area contributed by atoms with E-state index in [4.69, 9.17) is 5.41 Å². The second-order valence-electron chi connectivity index (χ2n) is 3.84. The highest BCUT2D eigenvalue weighted by Gasteiger charge is 2.26. The molecular weight excluding hydrogens is 180 g/mol. The maximum Gasteiger partial charge on any atom is 0.0479 e. The topological polar surface area (TPSA) is 36.2 Å². The van der Waals surface area contributed by atoms with Crippen LogP contribution in [0.25, 0.3) is 0 Å². The van der Waals surface area contributed by atoms with E-state index in [0.29, 0.717) is 17.1 Å². The van der Waals surface area contributed by atoms with Crippen molar-refractivity contribution in [3.05, 3.63) is 0 Å². The Balaban J connectivity index is 2.68. The Morgan fingerprint density at radius 2 is 2.31 bits per heavy atom. The van der Waals surface area contributed by atoms with E-state index in [2.05, 4.69) is 18.8 Å². The van der Waals surface area contributed by atoms with Gasteiger partial charge in [-0.15, -0.1) is 0 Å². The van der Waals surface area contributed by atoms with Gasteiger partial charge in [0.05, 0.1) is 0 Å².